The largest absolute Gasteiger partial charge is 0.496 e. The minimum Gasteiger partial charge on any atom is -0.496 e. The number of carbonyl (C=O) groups excluding carboxylic acids is 1. The summed E-state index contributed by atoms with van der Waals surface area (Å²) < 4.78 is 6.43. The number of methoxy groups -OCH3 is 1. The lowest BCUT2D eigenvalue weighted by Crippen LogP contribution is -2.03. The highest BCUT2D eigenvalue weighted by atomic mass is 127. The number of carbonyl (C=O) groups is 1. The van der Waals surface area contributed by atoms with Gasteiger partial charge >= 0.3 is 0 Å². The second kappa shape index (κ2) is 5.85. The van der Waals surface area contributed by atoms with E-state index in [0.717, 1.165) is 20.1 Å². The van der Waals surface area contributed by atoms with Crippen molar-refractivity contribution in [2.45, 2.75) is 0 Å². The molecule has 0 aliphatic heterocycles. The van der Waals surface area contributed by atoms with Crippen molar-refractivity contribution in [3.63, 3.8) is 0 Å². The molecule has 3 rings (SSSR count). The Morgan fingerprint density at radius 2 is 1.71 bits per heavy atom. The molecule has 2 nitrogen and oxygen atoms in total. The Morgan fingerprint density at radius 3 is 2.43 bits per heavy atom. The fourth-order valence-electron chi connectivity index (χ4n) is 2.43. The summed E-state index contributed by atoms with van der Waals surface area (Å²) in [6, 6.07) is 19.1. The summed E-state index contributed by atoms with van der Waals surface area (Å²) in [7, 11) is 1.64. The summed E-state index contributed by atoms with van der Waals surface area (Å²) in [5.41, 5.74) is 1.41. The number of ketones is 1. The molecule has 3 aromatic rings. The Hall–Kier alpha value is -1.88. The molecule has 0 fully saturated rings. The Labute approximate surface area is 136 Å². The van der Waals surface area contributed by atoms with Crippen LogP contribution in [0.2, 0.25) is 0 Å². The molecule has 104 valence electrons. The first kappa shape index (κ1) is 14.1. The predicted octanol–water partition coefficient (Wildman–Crippen LogP) is 4.68. The van der Waals surface area contributed by atoms with Crippen molar-refractivity contribution in [2.75, 3.05) is 7.11 Å². The molecule has 0 aliphatic rings. The van der Waals surface area contributed by atoms with Crippen LogP contribution in [0, 0.1) is 3.57 Å². The number of hydrogen-bond acceptors (Lipinski definition) is 2. The predicted molar refractivity (Wildman–Crippen MR) is 93.1 cm³/mol. The Bertz CT molecular complexity index is 824. The number of fused-ring (bicyclic) bond motifs is 1. The van der Waals surface area contributed by atoms with E-state index in [4.69, 9.17) is 4.74 Å². The van der Waals surface area contributed by atoms with E-state index in [2.05, 4.69) is 22.6 Å². The molecule has 0 saturated carbocycles. The molecule has 0 saturated heterocycles. The van der Waals surface area contributed by atoms with Crippen LogP contribution >= 0.6 is 22.6 Å². The van der Waals surface area contributed by atoms with Crippen LogP contribution in [0.4, 0.5) is 0 Å². The van der Waals surface area contributed by atoms with E-state index in [1.54, 1.807) is 7.11 Å². The molecule has 0 bridgehead atoms. The van der Waals surface area contributed by atoms with Gasteiger partial charge in [0.05, 0.1) is 7.11 Å². The zero-order valence-electron chi connectivity index (χ0n) is 11.5. The van der Waals surface area contributed by atoms with Crippen molar-refractivity contribution in [3.8, 4) is 5.75 Å². The van der Waals surface area contributed by atoms with Crippen LogP contribution in [0.25, 0.3) is 10.8 Å². The Kier molecular flexibility index (Phi) is 3.92. The van der Waals surface area contributed by atoms with Gasteiger partial charge in [0.1, 0.15) is 5.75 Å². The highest BCUT2D eigenvalue weighted by Gasteiger charge is 2.14. The lowest BCUT2D eigenvalue weighted by atomic mass is 9.97. The maximum Gasteiger partial charge on any atom is 0.193 e. The molecule has 0 aromatic heterocycles. The molecule has 0 atom stereocenters. The second-order valence-electron chi connectivity index (χ2n) is 4.70. The first-order valence-corrected chi connectivity index (χ1v) is 7.64. The van der Waals surface area contributed by atoms with Gasteiger partial charge in [0.2, 0.25) is 0 Å². The van der Waals surface area contributed by atoms with E-state index in [1.165, 1.54) is 0 Å². The summed E-state index contributed by atoms with van der Waals surface area (Å²) in [6.45, 7) is 0. The van der Waals surface area contributed by atoms with Crippen molar-refractivity contribution in [2.24, 2.45) is 0 Å². The second-order valence-corrected chi connectivity index (χ2v) is 5.95. The normalized spacial score (nSPS) is 10.6. The fourth-order valence-corrected chi connectivity index (χ4v) is 2.98. The Morgan fingerprint density at radius 1 is 0.952 bits per heavy atom. The van der Waals surface area contributed by atoms with Crippen LogP contribution < -0.4 is 4.74 Å². The number of halogens is 1. The van der Waals surface area contributed by atoms with E-state index < -0.39 is 0 Å². The molecule has 0 heterocycles. The molecule has 0 radical (unpaired) electrons. The number of ether oxygens (including phenoxy) is 1. The van der Waals surface area contributed by atoms with E-state index >= 15 is 0 Å². The quantitative estimate of drug-likeness (QED) is 0.481. The zero-order chi connectivity index (χ0) is 14.8. The summed E-state index contributed by atoms with van der Waals surface area (Å²) in [5, 5.41) is 1.87. The highest BCUT2D eigenvalue weighted by Crippen LogP contribution is 2.29. The summed E-state index contributed by atoms with van der Waals surface area (Å²) in [5.74, 6) is 0.817. The first-order valence-electron chi connectivity index (χ1n) is 6.56. The average molecular weight is 388 g/mol. The molecular formula is C18H13IO2. The molecule has 3 aromatic carbocycles. The number of rotatable bonds is 3. The minimum absolute atomic E-state index is 0.0346. The summed E-state index contributed by atoms with van der Waals surface area (Å²) >= 11 is 2.22. The molecule has 21 heavy (non-hydrogen) atoms. The van der Waals surface area contributed by atoms with Gasteiger partial charge in [0.15, 0.2) is 5.78 Å². The standard InChI is InChI=1S/C18H13IO2/c1-21-17-10-9-16(14-7-2-3-8-15(14)17)18(20)12-5-4-6-13(19)11-12/h2-11H,1H3. The van der Waals surface area contributed by atoms with Crippen LogP contribution in [0.1, 0.15) is 15.9 Å². The van der Waals surface area contributed by atoms with Gasteiger partial charge in [-0.15, -0.1) is 0 Å². The van der Waals surface area contributed by atoms with Gasteiger partial charge in [-0.25, -0.2) is 0 Å². The van der Waals surface area contributed by atoms with Gasteiger partial charge in [-0.1, -0.05) is 36.4 Å². The van der Waals surface area contributed by atoms with Crippen LogP contribution in [0.15, 0.2) is 60.7 Å². The highest BCUT2D eigenvalue weighted by molar-refractivity contribution is 14.1. The van der Waals surface area contributed by atoms with Crippen molar-refractivity contribution in [1.29, 1.82) is 0 Å². The van der Waals surface area contributed by atoms with Gasteiger partial charge in [0, 0.05) is 20.1 Å². The molecule has 3 heteroatoms. The molecule has 0 N–H and O–H groups in total. The van der Waals surface area contributed by atoms with Crippen molar-refractivity contribution in [1.82, 2.24) is 0 Å². The fraction of sp³-hybridized carbons (Fsp3) is 0.0556. The van der Waals surface area contributed by atoms with Gasteiger partial charge in [-0.2, -0.15) is 0 Å². The monoisotopic (exact) mass is 388 g/mol. The SMILES string of the molecule is COc1ccc(C(=O)c2cccc(I)c2)c2ccccc12. The average Bonchev–Trinajstić information content (AvgIpc) is 2.53. The smallest absolute Gasteiger partial charge is 0.193 e. The van der Waals surface area contributed by atoms with E-state index in [1.807, 2.05) is 60.7 Å². The maximum absolute atomic E-state index is 12.8. The maximum atomic E-state index is 12.8. The minimum atomic E-state index is 0.0346. The summed E-state index contributed by atoms with van der Waals surface area (Å²) in [6.07, 6.45) is 0. The topological polar surface area (TPSA) is 26.3 Å². The lowest BCUT2D eigenvalue weighted by Gasteiger charge is -2.10. The summed E-state index contributed by atoms with van der Waals surface area (Å²) in [4.78, 5) is 12.8. The molecule has 0 unspecified atom stereocenters. The third-order valence-electron chi connectivity index (χ3n) is 3.44. The first-order chi connectivity index (χ1) is 10.2. The molecule has 0 spiro atoms. The van der Waals surface area contributed by atoms with E-state index in [9.17, 15) is 4.79 Å². The van der Waals surface area contributed by atoms with Gasteiger partial charge in [-0.3, -0.25) is 4.79 Å². The van der Waals surface area contributed by atoms with Gasteiger partial charge in [-0.05, 0) is 52.2 Å². The number of benzene rings is 3. The van der Waals surface area contributed by atoms with E-state index in [-0.39, 0.29) is 5.78 Å². The third-order valence-corrected chi connectivity index (χ3v) is 4.11. The van der Waals surface area contributed by atoms with Crippen LogP contribution in [-0.4, -0.2) is 12.9 Å². The molecule has 0 amide bonds. The Balaban J connectivity index is 2.19. The zero-order valence-corrected chi connectivity index (χ0v) is 13.6. The van der Waals surface area contributed by atoms with Crippen LogP contribution in [-0.2, 0) is 0 Å². The van der Waals surface area contributed by atoms with Crippen LogP contribution in [0.3, 0.4) is 0 Å². The van der Waals surface area contributed by atoms with Crippen molar-refractivity contribution < 1.29 is 9.53 Å². The van der Waals surface area contributed by atoms with Gasteiger partial charge < -0.3 is 4.74 Å². The van der Waals surface area contributed by atoms with E-state index in [0.29, 0.717) is 11.1 Å². The van der Waals surface area contributed by atoms with Crippen LogP contribution in [0.5, 0.6) is 5.75 Å². The van der Waals surface area contributed by atoms with Gasteiger partial charge in [0.25, 0.3) is 0 Å². The lowest BCUT2D eigenvalue weighted by molar-refractivity contribution is 0.104. The third kappa shape index (κ3) is 2.65. The number of hydrogen-bond donors (Lipinski definition) is 0. The molecule has 0 aliphatic carbocycles. The van der Waals surface area contributed by atoms with Crippen molar-refractivity contribution in [3.05, 3.63) is 75.4 Å². The molecular weight excluding hydrogens is 375 g/mol. The van der Waals surface area contributed by atoms with Crippen molar-refractivity contribution >= 4 is 39.1 Å².